The van der Waals surface area contributed by atoms with Gasteiger partial charge in [0.1, 0.15) is 11.4 Å². The van der Waals surface area contributed by atoms with Crippen molar-refractivity contribution in [1.82, 2.24) is 0 Å². The van der Waals surface area contributed by atoms with Gasteiger partial charge < -0.3 is 19.2 Å². The smallest absolute Gasteiger partial charge is 0.375 e. The van der Waals surface area contributed by atoms with Crippen LogP contribution in [0.3, 0.4) is 0 Å². The zero-order valence-corrected chi connectivity index (χ0v) is 15.1. The number of furan rings is 1. The first-order valence-corrected chi connectivity index (χ1v) is 8.23. The highest BCUT2D eigenvalue weighted by Gasteiger charge is 2.20. The molecule has 0 aliphatic carbocycles. The van der Waals surface area contributed by atoms with Crippen LogP contribution in [0.5, 0.6) is 0 Å². The average molecular weight is 385 g/mol. The minimum atomic E-state index is -0.828. The molecule has 3 rings (SSSR count). The molecule has 144 valence electrons. The summed E-state index contributed by atoms with van der Waals surface area (Å²) < 4.78 is 28.3. The standard InChI is InChI=1S/C20H16FNO6/c1-11-15-9-13(21)5-8-16(15)28-18(11)20(25)27-10-17(23)22-14-6-3-12(4-7-14)19(24)26-2/h3-9H,10H2,1-2H3,(H,22,23). The Morgan fingerprint density at radius 3 is 2.46 bits per heavy atom. The van der Waals surface area contributed by atoms with Gasteiger partial charge in [-0.05, 0) is 49.4 Å². The lowest BCUT2D eigenvalue weighted by Crippen LogP contribution is -2.21. The number of carbonyl (C=O) groups is 3. The van der Waals surface area contributed by atoms with Gasteiger partial charge in [-0.15, -0.1) is 0 Å². The van der Waals surface area contributed by atoms with Crippen LogP contribution in [0.25, 0.3) is 11.0 Å². The molecule has 0 spiro atoms. The van der Waals surface area contributed by atoms with E-state index < -0.39 is 30.3 Å². The Balaban J connectivity index is 1.61. The normalized spacial score (nSPS) is 10.5. The first kappa shape index (κ1) is 19.1. The van der Waals surface area contributed by atoms with Crippen molar-refractivity contribution in [2.45, 2.75) is 6.92 Å². The fraction of sp³-hybridized carbons (Fsp3) is 0.150. The molecule has 1 heterocycles. The van der Waals surface area contributed by atoms with Crippen molar-refractivity contribution in [3.05, 3.63) is 65.2 Å². The van der Waals surface area contributed by atoms with E-state index in [1.165, 1.54) is 49.6 Å². The molecule has 2 aromatic carbocycles. The summed E-state index contributed by atoms with van der Waals surface area (Å²) in [5.41, 5.74) is 1.53. The summed E-state index contributed by atoms with van der Waals surface area (Å²) in [5, 5.41) is 2.99. The number of methoxy groups -OCH3 is 1. The van der Waals surface area contributed by atoms with Crippen LogP contribution in [-0.4, -0.2) is 31.6 Å². The summed E-state index contributed by atoms with van der Waals surface area (Å²) in [6.07, 6.45) is 0. The Labute approximate surface area is 159 Å². The monoisotopic (exact) mass is 385 g/mol. The zero-order chi connectivity index (χ0) is 20.3. The number of ether oxygens (including phenoxy) is 2. The molecule has 0 atom stereocenters. The summed E-state index contributed by atoms with van der Waals surface area (Å²) in [6, 6.07) is 9.91. The lowest BCUT2D eigenvalue weighted by Gasteiger charge is -2.07. The molecule has 0 bridgehead atoms. The highest BCUT2D eigenvalue weighted by Crippen LogP contribution is 2.26. The zero-order valence-electron chi connectivity index (χ0n) is 15.1. The minimum absolute atomic E-state index is 0.0872. The third-order valence-corrected chi connectivity index (χ3v) is 4.01. The van der Waals surface area contributed by atoms with Crippen LogP contribution < -0.4 is 5.32 Å². The summed E-state index contributed by atoms with van der Waals surface area (Å²) in [6.45, 7) is 1.06. The van der Waals surface area contributed by atoms with Crippen molar-refractivity contribution >= 4 is 34.5 Å². The number of fused-ring (bicyclic) bond motifs is 1. The molecule has 1 amide bonds. The molecule has 0 aliphatic heterocycles. The SMILES string of the molecule is COC(=O)c1ccc(NC(=O)COC(=O)c2oc3ccc(F)cc3c2C)cc1. The number of hydrogen-bond donors (Lipinski definition) is 1. The van der Waals surface area contributed by atoms with Gasteiger partial charge in [-0.1, -0.05) is 0 Å². The van der Waals surface area contributed by atoms with Crippen LogP contribution >= 0.6 is 0 Å². The predicted octanol–water partition coefficient (Wildman–Crippen LogP) is 3.46. The quantitative estimate of drug-likeness (QED) is 0.676. The third kappa shape index (κ3) is 4.01. The van der Waals surface area contributed by atoms with Crippen LogP contribution in [-0.2, 0) is 14.3 Å². The fourth-order valence-electron chi connectivity index (χ4n) is 2.59. The molecular formula is C20H16FNO6. The lowest BCUT2D eigenvalue weighted by molar-refractivity contribution is -0.119. The van der Waals surface area contributed by atoms with Gasteiger partial charge in [0.05, 0.1) is 12.7 Å². The maximum absolute atomic E-state index is 13.3. The van der Waals surface area contributed by atoms with E-state index in [-0.39, 0.29) is 5.76 Å². The van der Waals surface area contributed by atoms with Crippen LogP contribution in [0.4, 0.5) is 10.1 Å². The average Bonchev–Trinajstić information content (AvgIpc) is 3.02. The van der Waals surface area contributed by atoms with E-state index in [9.17, 15) is 18.8 Å². The van der Waals surface area contributed by atoms with Gasteiger partial charge in [-0.2, -0.15) is 0 Å². The van der Waals surface area contributed by atoms with Gasteiger partial charge in [-0.3, -0.25) is 4.79 Å². The highest BCUT2D eigenvalue weighted by atomic mass is 19.1. The van der Waals surface area contributed by atoms with Gasteiger partial charge >= 0.3 is 11.9 Å². The van der Waals surface area contributed by atoms with Crippen molar-refractivity contribution in [2.24, 2.45) is 0 Å². The van der Waals surface area contributed by atoms with Gasteiger partial charge in [-0.25, -0.2) is 14.0 Å². The van der Waals surface area contributed by atoms with Gasteiger partial charge in [0.2, 0.25) is 5.76 Å². The van der Waals surface area contributed by atoms with Crippen molar-refractivity contribution in [2.75, 3.05) is 19.0 Å². The summed E-state index contributed by atoms with van der Waals surface area (Å²) in [5.74, 6) is -2.43. The summed E-state index contributed by atoms with van der Waals surface area (Å²) >= 11 is 0. The number of aryl methyl sites for hydroxylation is 1. The number of halogens is 1. The van der Waals surface area contributed by atoms with Gasteiger partial charge in [0.15, 0.2) is 6.61 Å². The Morgan fingerprint density at radius 1 is 1.07 bits per heavy atom. The number of anilines is 1. The van der Waals surface area contributed by atoms with Crippen LogP contribution in [0.15, 0.2) is 46.9 Å². The minimum Gasteiger partial charge on any atom is -0.465 e. The van der Waals surface area contributed by atoms with Crippen LogP contribution in [0.1, 0.15) is 26.5 Å². The van der Waals surface area contributed by atoms with E-state index in [1.54, 1.807) is 6.92 Å². The van der Waals surface area contributed by atoms with Gasteiger partial charge in [0, 0.05) is 16.6 Å². The van der Waals surface area contributed by atoms with E-state index in [1.807, 2.05) is 0 Å². The molecule has 0 aliphatic rings. The maximum atomic E-state index is 13.3. The second kappa shape index (κ2) is 7.91. The molecule has 0 saturated carbocycles. The maximum Gasteiger partial charge on any atom is 0.375 e. The van der Waals surface area contributed by atoms with Gasteiger partial charge in [0.25, 0.3) is 5.91 Å². The molecule has 1 N–H and O–H groups in total. The number of rotatable bonds is 5. The van der Waals surface area contributed by atoms with Crippen molar-refractivity contribution < 1.29 is 32.7 Å². The van der Waals surface area contributed by atoms with Crippen molar-refractivity contribution in [3.8, 4) is 0 Å². The number of benzene rings is 2. The van der Waals surface area contributed by atoms with E-state index in [4.69, 9.17) is 9.15 Å². The Bertz CT molecular complexity index is 1050. The molecule has 28 heavy (non-hydrogen) atoms. The first-order valence-electron chi connectivity index (χ1n) is 8.23. The number of esters is 2. The highest BCUT2D eigenvalue weighted by molar-refractivity contribution is 5.98. The second-order valence-corrected chi connectivity index (χ2v) is 5.89. The van der Waals surface area contributed by atoms with E-state index in [0.29, 0.717) is 27.8 Å². The first-order chi connectivity index (χ1) is 13.4. The molecule has 0 saturated heterocycles. The van der Waals surface area contributed by atoms with Crippen molar-refractivity contribution in [3.63, 3.8) is 0 Å². The summed E-state index contributed by atoms with van der Waals surface area (Å²) in [4.78, 5) is 35.5. The molecule has 8 heteroatoms. The topological polar surface area (TPSA) is 94.8 Å². The molecule has 0 radical (unpaired) electrons. The van der Waals surface area contributed by atoms with Crippen LogP contribution in [0, 0.1) is 12.7 Å². The fourth-order valence-corrected chi connectivity index (χ4v) is 2.59. The second-order valence-electron chi connectivity index (χ2n) is 5.89. The molecular weight excluding hydrogens is 369 g/mol. The molecule has 0 unspecified atom stereocenters. The predicted molar refractivity (Wildman–Crippen MR) is 97.6 cm³/mol. The van der Waals surface area contributed by atoms with E-state index in [0.717, 1.165) is 0 Å². The molecule has 0 fully saturated rings. The Morgan fingerprint density at radius 2 is 1.79 bits per heavy atom. The number of carbonyl (C=O) groups excluding carboxylic acids is 3. The van der Waals surface area contributed by atoms with E-state index in [2.05, 4.69) is 10.1 Å². The van der Waals surface area contributed by atoms with Crippen molar-refractivity contribution in [1.29, 1.82) is 0 Å². The number of hydrogen-bond acceptors (Lipinski definition) is 6. The third-order valence-electron chi connectivity index (χ3n) is 4.01. The van der Waals surface area contributed by atoms with Crippen LogP contribution in [0.2, 0.25) is 0 Å². The molecule has 1 aromatic heterocycles. The number of nitrogens with one attached hydrogen (secondary N) is 1. The van der Waals surface area contributed by atoms with E-state index >= 15 is 0 Å². The summed E-state index contributed by atoms with van der Waals surface area (Å²) in [7, 11) is 1.27. The molecule has 3 aromatic rings. The lowest BCUT2D eigenvalue weighted by atomic mass is 10.1. The Kier molecular flexibility index (Phi) is 5.39. The largest absolute Gasteiger partial charge is 0.465 e. The number of amides is 1. The molecule has 7 nitrogen and oxygen atoms in total. The Hall–Kier alpha value is -3.68.